The van der Waals surface area contributed by atoms with Gasteiger partial charge in [-0.2, -0.15) is 9.61 Å². The summed E-state index contributed by atoms with van der Waals surface area (Å²) < 4.78 is 1.95. The largest absolute Gasteiger partial charge is 0.356 e. The van der Waals surface area contributed by atoms with Gasteiger partial charge in [-0.1, -0.05) is 35.9 Å². The van der Waals surface area contributed by atoms with Crippen LogP contribution in [0.15, 0.2) is 48.5 Å². The Balaban J connectivity index is 1.37. The van der Waals surface area contributed by atoms with Gasteiger partial charge in [-0.3, -0.25) is 4.79 Å². The molecule has 2 aromatic carbocycles. The molecule has 180 valence electrons. The van der Waals surface area contributed by atoms with Gasteiger partial charge in [0, 0.05) is 47.0 Å². The molecule has 0 atom stereocenters. The van der Waals surface area contributed by atoms with Crippen LogP contribution in [0.5, 0.6) is 0 Å². The summed E-state index contributed by atoms with van der Waals surface area (Å²) in [6.45, 7) is 9.68. The van der Waals surface area contributed by atoms with Crippen molar-refractivity contribution in [1.29, 1.82) is 0 Å². The number of nitrogens with one attached hydrogen (secondary N) is 1. The molecule has 4 aromatic rings. The van der Waals surface area contributed by atoms with Crippen LogP contribution in [0.1, 0.15) is 35.4 Å². The molecule has 7 heteroatoms. The Morgan fingerprint density at radius 3 is 2.43 bits per heavy atom. The highest BCUT2D eigenvalue weighted by Gasteiger charge is 2.27. The number of carbonyl (C=O) groups excluding carboxylic acids is 1. The fourth-order valence-electron chi connectivity index (χ4n) is 4.88. The average Bonchev–Trinajstić information content (AvgIpc) is 3.17. The first-order valence-electron chi connectivity index (χ1n) is 12.1. The number of nitrogens with zero attached hydrogens (tertiary/aromatic N) is 4. The summed E-state index contributed by atoms with van der Waals surface area (Å²) in [5.41, 5.74) is 7.92. The molecule has 0 unspecified atom stereocenters. The number of piperidine rings is 1. The smallest absolute Gasteiger partial charge is 0.227 e. The van der Waals surface area contributed by atoms with Crippen LogP contribution in [0.4, 0.5) is 11.5 Å². The Morgan fingerprint density at radius 2 is 1.71 bits per heavy atom. The van der Waals surface area contributed by atoms with Crippen molar-refractivity contribution < 1.29 is 4.79 Å². The molecule has 1 aliphatic rings. The summed E-state index contributed by atoms with van der Waals surface area (Å²) in [7, 11) is 0. The van der Waals surface area contributed by atoms with Gasteiger partial charge < -0.3 is 10.2 Å². The molecule has 0 aliphatic carbocycles. The van der Waals surface area contributed by atoms with Crippen molar-refractivity contribution in [3.05, 3.63) is 76.1 Å². The van der Waals surface area contributed by atoms with E-state index in [0.717, 1.165) is 76.7 Å². The molecule has 0 bridgehead atoms. The third-order valence-electron chi connectivity index (χ3n) is 6.85. The van der Waals surface area contributed by atoms with Crippen molar-refractivity contribution in [3.8, 4) is 11.1 Å². The number of carbonyl (C=O) groups is 1. The van der Waals surface area contributed by atoms with Crippen LogP contribution in [0, 0.1) is 33.6 Å². The molecule has 1 aliphatic heterocycles. The van der Waals surface area contributed by atoms with E-state index in [4.69, 9.17) is 21.7 Å². The number of aryl methyl sites for hydroxylation is 4. The molecule has 0 saturated carbocycles. The van der Waals surface area contributed by atoms with E-state index in [2.05, 4.69) is 28.4 Å². The van der Waals surface area contributed by atoms with Crippen LogP contribution < -0.4 is 10.2 Å². The van der Waals surface area contributed by atoms with Gasteiger partial charge in [-0.05, 0) is 75.4 Å². The average molecular weight is 488 g/mol. The predicted octanol–water partition coefficient (Wildman–Crippen LogP) is 6.14. The molecule has 3 heterocycles. The topological polar surface area (TPSA) is 62.5 Å². The van der Waals surface area contributed by atoms with Gasteiger partial charge in [0.2, 0.25) is 5.91 Å². The molecular formula is C28H30ClN5O. The number of amides is 1. The van der Waals surface area contributed by atoms with Crippen molar-refractivity contribution in [2.45, 2.75) is 40.5 Å². The fraction of sp³-hybridized carbons (Fsp3) is 0.321. The van der Waals surface area contributed by atoms with Crippen LogP contribution in [0.2, 0.25) is 5.02 Å². The zero-order valence-corrected chi connectivity index (χ0v) is 21.4. The maximum atomic E-state index is 13.0. The summed E-state index contributed by atoms with van der Waals surface area (Å²) in [5.74, 6) is 1.12. The molecular weight excluding hydrogens is 458 g/mol. The highest BCUT2D eigenvalue weighted by molar-refractivity contribution is 6.30. The van der Waals surface area contributed by atoms with Crippen molar-refractivity contribution in [3.63, 3.8) is 0 Å². The van der Waals surface area contributed by atoms with E-state index in [1.54, 1.807) is 0 Å². The molecule has 35 heavy (non-hydrogen) atoms. The number of anilines is 2. The summed E-state index contributed by atoms with van der Waals surface area (Å²) in [4.78, 5) is 20.2. The van der Waals surface area contributed by atoms with Gasteiger partial charge in [-0.15, -0.1) is 0 Å². The van der Waals surface area contributed by atoms with Crippen LogP contribution in [0.25, 0.3) is 16.8 Å². The quantitative estimate of drug-likeness (QED) is 0.375. The van der Waals surface area contributed by atoms with Gasteiger partial charge in [0.15, 0.2) is 5.65 Å². The summed E-state index contributed by atoms with van der Waals surface area (Å²) in [6, 6.07) is 16.0. The van der Waals surface area contributed by atoms with E-state index in [9.17, 15) is 4.79 Å². The lowest BCUT2D eigenvalue weighted by molar-refractivity contribution is -0.120. The van der Waals surface area contributed by atoms with Gasteiger partial charge in [0.1, 0.15) is 5.82 Å². The zero-order chi connectivity index (χ0) is 24.7. The highest BCUT2D eigenvalue weighted by atomic mass is 35.5. The second kappa shape index (κ2) is 9.34. The van der Waals surface area contributed by atoms with Crippen LogP contribution in [0.3, 0.4) is 0 Å². The molecule has 1 fully saturated rings. The second-order valence-electron chi connectivity index (χ2n) is 9.53. The molecule has 1 amide bonds. The molecule has 6 nitrogen and oxygen atoms in total. The third-order valence-corrected chi connectivity index (χ3v) is 7.10. The Morgan fingerprint density at radius 1 is 1.00 bits per heavy atom. The van der Waals surface area contributed by atoms with E-state index in [1.807, 2.05) is 62.5 Å². The Bertz CT molecular complexity index is 1400. The molecule has 5 rings (SSSR count). The fourth-order valence-corrected chi connectivity index (χ4v) is 5.01. The SMILES string of the molecule is Cc1ccc(C)c(NC(=O)C2CCN(c3cc(C)nc4c(-c5ccc(Cl)cc5)c(C)nn34)CC2)c1. The number of halogens is 1. The first-order valence-corrected chi connectivity index (χ1v) is 12.4. The number of benzene rings is 2. The van der Waals surface area contributed by atoms with Crippen molar-refractivity contribution in [1.82, 2.24) is 14.6 Å². The first kappa shape index (κ1) is 23.4. The molecule has 1 N–H and O–H groups in total. The summed E-state index contributed by atoms with van der Waals surface area (Å²) in [5, 5.41) is 8.71. The van der Waals surface area contributed by atoms with Gasteiger partial charge in [0.05, 0.1) is 5.69 Å². The number of aromatic nitrogens is 3. The predicted molar refractivity (Wildman–Crippen MR) is 142 cm³/mol. The number of fused-ring (bicyclic) bond motifs is 1. The van der Waals surface area contributed by atoms with Crippen molar-refractivity contribution in [2.24, 2.45) is 5.92 Å². The number of hydrogen-bond acceptors (Lipinski definition) is 4. The molecule has 0 radical (unpaired) electrons. The Labute approximate surface area is 210 Å². The van der Waals surface area contributed by atoms with Crippen LogP contribution >= 0.6 is 11.6 Å². The molecule has 1 saturated heterocycles. The lowest BCUT2D eigenvalue weighted by atomic mass is 9.95. The van der Waals surface area contributed by atoms with Crippen molar-refractivity contribution >= 4 is 34.7 Å². The van der Waals surface area contributed by atoms with Gasteiger partial charge in [-0.25, -0.2) is 4.98 Å². The van der Waals surface area contributed by atoms with E-state index < -0.39 is 0 Å². The molecule has 2 aromatic heterocycles. The van der Waals surface area contributed by atoms with Crippen LogP contribution in [-0.4, -0.2) is 33.6 Å². The Kier molecular flexibility index (Phi) is 6.24. The van der Waals surface area contributed by atoms with E-state index in [-0.39, 0.29) is 11.8 Å². The summed E-state index contributed by atoms with van der Waals surface area (Å²) >= 11 is 6.11. The minimum absolute atomic E-state index is 0.00595. The van der Waals surface area contributed by atoms with E-state index in [0.29, 0.717) is 5.02 Å². The van der Waals surface area contributed by atoms with Crippen LogP contribution in [-0.2, 0) is 4.79 Å². The lowest BCUT2D eigenvalue weighted by Crippen LogP contribution is -2.39. The van der Waals surface area contributed by atoms with Crippen molar-refractivity contribution in [2.75, 3.05) is 23.3 Å². The highest BCUT2D eigenvalue weighted by Crippen LogP contribution is 2.32. The second-order valence-corrected chi connectivity index (χ2v) is 9.96. The summed E-state index contributed by atoms with van der Waals surface area (Å²) in [6.07, 6.45) is 1.59. The zero-order valence-electron chi connectivity index (χ0n) is 20.6. The monoisotopic (exact) mass is 487 g/mol. The number of rotatable bonds is 4. The van der Waals surface area contributed by atoms with Gasteiger partial charge >= 0.3 is 0 Å². The Hall–Kier alpha value is -3.38. The standard InChI is InChI=1S/C28H30ClN5O/c1-17-5-6-18(2)24(15-17)31-28(35)22-11-13-33(14-12-22)25-16-19(3)30-27-26(20(4)32-34(25)27)21-7-9-23(29)10-8-21/h5-10,15-16,22H,11-14H2,1-4H3,(H,31,35). The number of hydrogen-bond donors (Lipinski definition) is 1. The maximum Gasteiger partial charge on any atom is 0.227 e. The van der Waals surface area contributed by atoms with E-state index >= 15 is 0 Å². The van der Waals surface area contributed by atoms with Gasteiger partial charge in [0.25, 0.3) is 0 Å². The minimum atomic E-state index is -0.00595. The third kappa shape index (κ3) is 4.63. The first-order chi connectivity index (χ1) is 16.8. The molecule has 0 spiro atoms. The lowest BCUT2D eigenvalue weighted by Gasteiger charge is -2.33. The van der Waals surface area contributed by atoms with E-state index in [1.165, 1.54) is 0 Å². The normalized spacial score (nSPS) is 14.5. The minimum Gasteiger partial charge on any atom is -0.356 e. The maximum absolute atomic E-state index is 13.0.